The minimum atomic E-state index is -4.13. The molecule has 2 rings (SSSR count). The van der Waals surface area contributed by atoms with E-state index in [0.29, 0.717) is 19.6 Å². The molecule has 1 aliphatic rings. The molecular formula is C12H15BrFN3O3S. The van der Waals surface area contributed by atoms with Crippen molar-refractivity contribution in [1.29, 1.82) is 0 Å². The van der Waals surface area contributed by atoms with Crippen LogP contribution in [0.4, 0.5) is 4.39 Å². The molecule has 0 spiro atoms. The lowest BCUT2D eigenvalue weighted by Crippen LogP contribution is -2.52. The van der Waals surface area contributed by atoms with Crippen LogP contribution in [0, 0.1) is 5.82 Å². The van der Waals surface area contributed by atoms with E-state index in [-0.39, 0.29) is 16.1 Å². The molecule has 6 nitrogen and oxygen atoms in total. The molecule has 9 heteroatoms. The van der Waals surface area contributed by atoms with Gasteiger partial charge in [-0.05, 0) is 35.0 Å². The fourth-order valence-corrected chi connectivity index (χ4v) is 3.94. The molecule has 0 saturated carbocycles. The first-order valence-corrected chi connectivity index (χ1v) is 8.59. The zero-order valence-electron chi connectivity index (χ0n) is 11.3. The molecule has 116 valence electrons. The van der Waals surface area contributed by atoms with Crippen molar-refractivity contribution in [2.45, 2.75) is 17.9 Å². The van der Waals surface area contributed by atoms with E-state index in [0.717, 1.165) is 12.1 Å². The van der Waals surface area contributed by atoms with Crippen LogP contribution in [0.3, 0.4) is 0 Å². The van der Waals surface area contributed by atoms with E-state index in [1.54, 1.807) is 4.90 Å². The molecule has 1 amide bonds. The number of carbonyl (C=O) groups excluding carboxylic acids is 1. The van der Waals surface area contributed by atoms with Gasteiger partial charge in [-0.3, -0.25) is 4.79 Å². The van der Waals surface area contributed by atoms with E-state index in [1.807, 2.05) is 6.92 Å². The number of nitrogens with zero attached hydrogens (tertiary/aromatic N) is 1. The Bertz CT molecular complexity index is 681. The first-order valence-electron chi connectivity index (χ1n) is 6.25. The van der Waals surface area contributed by atoms with Crippen LogP contribution in [0.2, 0.25) is 0 Å². The zero-order valence-corrected chi connectivity index (χ0v) is 13.7. The summed E-state index contributed by atoms with van der Waals surface area (Å²) in [6.07, 6.45) is 0. The van der Waals surface area contributed by atoms with Crippen molar-refractivity contribution in [3.63, 3.8) is 0 Å². The van der Waals surface area contributed by atoms with E-state index < -0.39 is 26.6 Å². The summed E-state index contributed by atoms with van der Waals surface area (Å²) in [5.41, 5.74) is -0.0484. The smallest absolute Gasteiger partial charge is 0.255 e. The van der Waals surface area contributed by atoms with Crippen LogP contribution in [0.1, 0.15) is 17.3 Å². The maximum Gasteiger partial charge on any atom is 0.255 e. The molecule has 21 heavy (non-hydrogen) atoms. The summed E-state index contributed by atoms with van der Waals surface area (Å²) in [5.74, 6) is -1.26. The lowest BCUT2D eigenvalue weighted by Gasteiger charge is -2.34. The Hall–Kier alpha value is -1.03. The van der Waals surface area contributed by atoms with Gasteiger partial charge in [-0.15, -0.1) is 0 Å². The molecule has 1 atom stereocenters. The number of rotatable bonds is 2. The average molecular weight is 380 g/mol. The van der Waals surface area contributed by atoms with Crippen LogP contribution in [-0.2, 0) is 10.0 Å². The predicted molar refractivity (Wildman–Crippen MR) is 78.8 cm³/mol. The SMILES string of the molecule is C[C@@H]1CNCCN1C(=O)c1cc(F)cc(S(N)(=O)=O)c1Br. The second-order valence-corrected chi connectivity index (χ2v) is 7.19. The van der Waals surface area contributed by atoms with Crippen molar-refractivity contribution in [2.75, 3.05) is 19.6 Å². The Morgan fingerprint density at radius 2 is 2.19 bits per heavy atom. The number of amides is 1. The maximum absolute atomic E-state index is 13.6. The van der Waals surface area contributed by atoms with Crippen molar-refractivity contribution in [3.05, 3.63) is 28.0 Å². The molecule has 1 aromatic rings. The largest absolute Gasteiger partial charge is 0.333 e. The monoisotopic (exact) mass is 379 g/mol. The summed E-state index contributed by atoms with van der Waals surface area (Å²) >= 11 is 3.05. The molecule has 1 fully saturated rings. The first kappa shape index (κ1) is 16.3. The fourth-order valence-electron chi connectivity index (χ4n) is 2.22. The van der Waals surface area contributed by atoms with Gasteiger partial charge in [0.05, 0.1) is 14.9 Å². The highest BCUT2D eigenvalue weighted by Crippen LogP contribution is 2.28. The Labute approximate surface area is 130 Å². The summed E-state index contributed by atoms with van der Waals surface area (Å²) in [4.78, 5) is 13.7. The molecule has 1 heterocycles. The van der Waals surface area contributed by atoms with E-state index in [2.05, 4.69) is 21.2 Å². The molecular weight excluding hydrogens is 365 g/mol. The molecule has 1 aromatic carbocycles. The fraction of sp³-hybridized carbons (Fsp3) is 0.417. The van der Waals surface area contributed by atoms with Crippen molar-refractivity contribution in [1.82, 2.24) is 10.2 Å². The van der Waals surface area contributed by atoms with Gasteiger partial charge in [0, 0.05) is 25.7 Å². The van der Waals surface area contributed by atoms with Crippen LogP contribution in [0.25, 0.3) is 0 Å². The number of nitrogens with two attached hydrogens (primary N) is 1. The zero-order chi connectivity index (χ0) is 15.8. The van der Waals surface area contributed by atoms with Crippen LogP contribution >= 0.6 is 15.9 Å². The van der Waals surface area contributed by atoms with Crippen LogP contribution in [0.5, 0.6) is 0 Å². The highest BCUT2D eigenvalue weighted by molar-refractivity contribution is 9.10. The molecule has 0 aromatic heterocycles. The lowest BCUT2D eigenvalue weighted by molar-refractivity contribution is 0.0654. The number of primary sulfonamides is 1. The normalized spacial score (nSPS) is 19.6. The third-order valence-corrected chi connectivity index (χ3v) is 5.35. The lowest BCUT2D eigenvalue weighted by atomic mass is 10.1. The van der Waals surface area contributed by atoms with E-state index in [1.165, 1.54) is 0 Å². The molecule has 3 N–H and O–H groups in total. The van der Waals surface area contributed by atoms with Gasteiger partial charge in [-0.2, -0.15) is 0 Å². The number of hydrogen-bond donors (Lipinski definition) is 2. The third kappa shape index (κ3) is 3.42. The number of nitrogens with one attached hydrogen (secondary N) is 1. The van der Waals surface area contributed by atoms with Crippen molar-refractivity contribution >= 4 is 31.9 Å². The molecule has 1 aliphatic heterocycles. The standard InChI is InChI=1S/C12H15BrFN3O3S/c1-7-6-16-2-3-17(7)12(18)9-4-8(14)5-10(11(9)13)21(15,19)20/h4-5,7,16H,2-3,6H2,1H3,(H2,15,19,20)/t7-/m1/s1. The van der Waals surface area contributed by atoms with Gasteiger partial charge in [0.1, 0.15) is 5.82 Å². The topological polar surface area (TPSA) is 92.5 Å². The minimum Gasteiger partial charge on any atom is -0.333 e. The first-order chi connectivity index (χ1) is 9.71. The third-order valence-electron chi connectivity index (χ3n) is 3.30. The quantitative estimate of drug-likeness (QED) is 0.789. The molecule has 0 radical (unpaired) electrons. The van der Waals surface area contributed by atoms with E-state index in [4.69, 9.17) is 5.14 Å². The van der Waals surface area contributed by atoms with E-state index >= 15 is 0 Å². The van der Waals surface area contributed by atoms with Gasteiger partial charge in [0.25, 0.3) is 5.91 Å². The predicted octanol–water partition coefficient (Wildman–Crippen LogP) is 0.670. The van der Waals surface area contributed by atoms with Crippen LogP contribution in [0.15, 0.2) is 21.5 Å². The van der Waals surface area contributed by atoms with Gasteiger partial charge < -0.3 is 10.2 Å². The second-order valence-electron chi connectivity index (χ2n) is 4.86. The summed E-state index contributed by atoms with van der Waals surface area (Å²) in [7, 11) is -4.13. The average Bonchev–Trinajstić information content (AvgIpc) is 2.39. The number of sulfonamides is 1. The summed E-state index contributed by atoms with van der Waals surface area (Å²) < 4.78 is 36.6. The number of benzene rings is 1. The molecule has 0 aliphatic carbocycles. The van der Waals surface area contributed by atoms with Gasteiger partial charge in [-0.1, -0.05) is 0 Å². The van der Waals surface area contributed by atoms with Gasteiger partial charge in [-0.25, -0.2) is 17.9 Å². The Kier molecular flexibility index (Phi) is 4.66. The highest BCUT2D eigenvalue weighted by Gasteiger charge is 2.28. The highest BCUT2D eigenvalue weighted by atomic mass is 79.9. The Morgan fingerprint density at radius 1 is 1.52 bits per heavy atom. The molecule has 0 bridgehead atoms. The Balaban J connectivity index is 2.49. The number of piperazine rings is 1. The summed E-state index contributed by atoms with van der Waals surface area (Å²) in [6, 6.07) is 1.73. The summed E-state index contributed by atoms with van der Waals surface area (Å²) in [5, 5.41) is 8.18. The number of hydrogen-bond acceptors (Lipinski definition) is 4. The number of halogens is 2. The van der Waals surface area contributed by atoms with Gasteiger partial charge in [0.15, 0.2) is 0 Å². The van der Waals surface area contributed by atoms with Crippen molar-refractivity contribution < 1.29 is 17.6 Å². The second kappa shape index (κ2) is 5.99. The van der Waals surface area contributed by atoms with Crippen LogP contribution < -0.4 is 10.5 Å². The van der Waals surface area contributed by atoms with Crippen LogP contribution in [-0.4, -0.2) is 44.9 Å². The van der Waals surface area contributed by atoms with Gasteiger partial charge in [0.2, 0.25) is 10.0 Å². The van der Waals surface area contributed by atoms with Crippen molar-refractivity contribution in [2.24, 2.45) is 5.14 Å². The van der Waals surface area contributed by atoms with Crippen molar-refractivity contribution in [3.8, 4) is 0 Å². The van der Waals surface area contributed by atoms with E-state index in [9.17, 15) is 17.6 Å². The maximum atomic E-state index is 13.6. The minimum absolute atomic E-state index is 0.0119. The Morgan fingerprint density at radius 3 is 2.76 bits per heavy atom. The molecule has 0 unspecified atom stereocenters. The molecule has 1 saturated heterocycles. The number of carbonyl (C=O) groups is 1. The summed E-state index contributed by atoms with van der Waals surface area (Å²) in [6.45, 7) is 3.58. The van der Waals surface area contributed by atoms with Gasteiger partial charge >= 0.3 is 0 Å².